The molecule has 150 valence electrons. The Morgan fingerprint density at radius 2 is 1.85 bits per heavy atom. The van der Waals surface area contributed by atoms with Gasteiger partial charge in [-0.3, -0.25) is 10.1 Å². The molecule has 0 aromatic heterocycles. The molecule has 9 heteroatoms. The molecule has 0 unspecified atom stereocenters. The Labute approximate surface area is 160 Å². The van der Waals surface area contributed by atoms with Gasteiger partial charge in [-0.25, -0.2) is 8.42 Å². The second-order valence-electron chi connectivity index (χ2n) is 7.92. The highest BCUT2D eigenvalue weighted by atomic mass is 32.2. The summed E-state index contributed by atoms with van der Waals surface area (Å²) < 4.78 is 27.5. The number of nitrogens with zero attached hydrogens (tertiary/aromatic N) is 3. The first-order valence-electron chi connectivity index (χ1n) is 9.40. The maximum atomic E-state index is 13.0. The standard InChI is InChI=1S/C18H27N3O5S/c1-13-8-14(2)11-20(10-13)27(25,26)16-5-6-17(18(9-16)21(23)24)19-7-3-4-15(22)12-19/h5-6,9,13-15,22H,3-4,7-8,10-12H2,1-2H3/t13-,14+,15-/m0/s1. The van der Waals surface area contributed by atoms with E-state index in [0.717, 1.165) is 18.9 Å². The molecular formula is C18H27N3O5S. The van der Waals surface area contributed by atoms with E-state index in [0.29, 0.717) is 38.3 Å². The van der Waals surface area contributed by atoms with Crippen molar-refractivity contribution in [1.82, 2.24) is 4.31 Å². The summed E-state index contributed by atoms with van der Waals surface area (Å²) in [5, 5.41) is 21.5. The first-order chi connectivity index (χ1) is 12.7. The molecule has 2 aliphatic heterocycles. The molecule has 0 bridgehead atoms. The average Bonchev–Trinajstić information content (AvgIpc) is 2.60. The van der Waals surface area contributed by atoms with E-state index in [1.54, 1.807) is 4.90 Å². The summed E-state index contributed by atoms with van der Waals surface area (Å²) in [5.74, 6) is 0.514. The summed E-state index contributed by atoms with van der Waals surface area (Å²) in [6, 6.07) is 4.11. The van der Waals surface area contributed by atoms with Crippen molar-refractivity contribution in [2.45, 2.75) is 44.1 Å². The van der Waals surface area contributed by atoms with Gasteiger partial charge in [0.2, 0.25) is 10.0 Å². The third kappa shape index (κ3) is 4.25. The summed E-state index contributed by atoms with van der Waals surface area (Å²) in [7, 11) is -3.78. The fourth-order valence-electron chi connectivity index (χ4n) is 4.20. The largest absolute Gasteiger partial charge is 0.391 e. The molecule has 2 fully saturated rings. The summed E-state index contributed by atoms with van der Waals surface area (Å²) in [6.45, 7) is 5.82. The maximum Gasteiger partial charge on any atom is 0.293 e. The Morgan fingerprint density at radius 1 is 1.19 bits per heavy atom. The predicted molar refractivity (Wildman–Crippen MR) is 102 cm³/mol. The molecule has 3 atom stereocenters. The van der Waals surface area contributed by atoms with Crippen LogP contribution in [0.1, 0.15) is 33.1 Å². The lowest BCUT2D eigenvalue weighted by molar-refractivity contribution is -0.384. The molecule has 1 aromatic rings. The second-order valence-corrected chi connectivity index (χ2v) is 9.86. The highest BCUT2D eigenvalue weighted by Crippen LogP contribution is 2.34. The predicted octanol–water partition coefficient (Wildman–Crippen LogP) is 2.22. The van der Waals surface area contributed by atoms with E-state index in [1.807, 2.05) is 13.8 Å². The number of aliphatic hydroxyl groups excluding tert-OH is 1. The molecule has 27 heavy (non-hydrogen) atoms. The van der Waals surface area contributed by atoms with E-state index in [4.69, 9.17) is 0 Å². The second kappa shape index (κ2) is 7.73. The fourth-order valence-corrected chi connectivity index (χ4v) is 5.90. The lowest BCUT2D eigenvalue weighted by Gasteiger charge is -2.34. The first kappa shape index (κ1) is 20.0. The van der Waals surface area contributed by atoms with Gasteiger partial charge in [0, 0.05) is 32.2 Å². The van der Waals surface area contributed by atoms with Gasteiger partial charge in [-0.15, -0.1) is 0 Å². The topological polar surface area (TPSA) is 104 Å². The van der Waals surface area contributed by atoms with Crippen molar-refractivity contribution in [2.75, 3.05) is 31.1 Å². The highest BCUT2D eigenvalue weighted by molar-refractivity contribution is 7.89. The molecule has 2 heterocycles. The van der Waals surface area contributed by atoms with E-state index in [1.165, 1.54) is 16.4 Å². The van der Waals surface area contributed by atoms with Gasteiger partial charge in [-0.2, -0.15) is 4.31 Å². The van der Waals surface area contributed by atoms with E-state index in [-0.39, 0.29) is 22.4 Å². The SMILES string of the molecule is C[C@@H]1C[C@H](C)CN(S(=O)(=O)c2ccc(N3CCC[C@H](O)C3)c([N+](=O)[O-])c2)C1. The van der Waals surface area contributed by atoms with Crippen molar-refractivity contribution in [2.24, 2.45) is 11.8 Å². The molecule has 2 aliphatic rings. The number of nitro benzene ring substituents is 1. The fraction of sp³-hybridized carbons (Fsp3) is 0.667. The van der Waals surface area contributed by atoms with Gasteiger partial charge in [0.1, 0.15) is 5.69 Å². The van der Waals surface area contributed by atoms with Gasteiger partial charge in [0.05, 0.1) is 15.9 Å². The van der Waals surface area contributed by atoms with Gasteiger partial charge in [-0.1, -0.05) is 13.8 Å². The van der Waals surface area contributed by atoms with Gasteiger partial charge >= 0.3 is 0 Å². The number of aliphatic hydroxyl groups is 1. The molecule has 0 saturated carbocycles. The number of hydrogen-bond acceptors (Lipinski definition) is 6. The number of β-amino-alcohol motifs (C(OH)–C–C–N with tert-alkyl or cyclic N) is 1. The minimum absolute atomic E-state index is 0.0446. The molecule has 8 nitrogen and oxygen atoms in total. The molecule has 2 saturated heterocycles. The number of piperidine rings is 2. The number of anilines is 1. The number of nitro groups is 1. The third-order valence-electron chi connectivity index (χ3n) is 5.35. The minimum atomic E-state index is -3.78. The molecule has 1 aromatic carbocycles. The normalized spacial score (nSPS) is 27.5. The molecule has 0 aliphatic carbocycles. The van der Waals surface area contributed by atoms with Crippen molar-refractivity contribution < 1.29 is 18.4 Å². The van der Waals surface area contributed by atoms with Crippen LogP contribution in [0.5, 0.6) is 0 Å². The van der Waals surface area contributed by atoms with Crippen LogP contribution in [0.25, 0.3) is 0 Å². The molecule has 0 amide bonds. The Balaban J connectivity index is 1.94. The van der Waals surface area contributed by atoms with Gasteiger partial charge < -0.3 is 10.0 Å². The van der Waals surface area contributed by atoms with Gasteiger partial charge in [0.15, 0.2) is 0 Å². The van der Waals surface area contributed by atoms with Crippen LogP contribution in [0.15, 0.2) is 23.1 Å². The zero-order chi connectivity index (χ0) is 19.8. The van der Waals surface area contributed by atoms with Crippen LogP contribution in [-0.2, 0) is 10.0 Å². The van der Waals surface area contributed by atoms with E-state index in [9.17, 15) is 23.6 Å². The van der Waals surface area contributed by atoms with Crippen LogP contribution < -0.4 is 4.90 Å². The summed E-state index contributed by atoms with van der Waals surface area (Å²) in [5.41, 5.74) is 0.126. The van der Waals surface area contributed by atoms with Crippen LogP contribution in [0.3, 0.4) is 0 Å². The molecule has 0 spiro atoms. The number of rotatable bonds is 4. The molecule has 1 N–H and O–H groups in total. The Bertz CT molecular complexity index is 803. The Kier molecular flexibility index (Phi) is 5.73. The van der Waals surface area contributed by atoms with Crippen LogP contribution >= 0.6 is 0 Å². The van der Waals surface area contributed by atoms with Gasteiger partial charge in [0.25, 0.3) is 5.69 Å². The van der Waals surface area contributed by atoms with Crippen molar-refractivity contribution in [3.8, 4) is 0 Å². The van der Waals surface area contributed by atoms with Crippen molar-refractivity contribution in [3.05, 3.63) is 28.3 Å². The Morgan fingerprint density at radius 3 is 2.44 bits per heavy atom. The lowest BCUT2D eigenvalue weighted by Crippen LogP contribution is -2.42. The van der Waals surface area contributed by atoms with Crippen molar-refractivity contribution >= 4 is 21.4 Å². The minimum Gasteiger partial charge on any atom is -0.391 e. The summed E-state index contributed by atoms with van der Waals surface area (Å²) in [4.78, 5) is 12.8. The van der Waals surface area contributed by atoms with E-state index in [2.05, 4.69) is 0 Å². The highest BCUT2D eigenvalue weighted by Gasteiger charge is 2.34. The van der Waals surface area contributed by atoms with E-state index >= 15 is 0 Å². The van der Waals surface area contributed by atoms with Crippen LogP contribution in [0.4, 0.5) is 11.4 Å². The summed E-state index contributed by atoms with van der Waals surface area (Å²) in [6.07, 6.45) is 1.85. The van der Waals surface area contributed by atoms with Crippen LogP contribution in [-0.4, -0.2) is 55.0 Å². The van der Waals surface area contributed by atoms with Crippen LogP contribution in [0.2, 0.25) is 0 Å². The number of benzene rings is 1. The smallest absolute Gasteiger partial charge is 0.293 e. The average molecular weight is 397 g/mol. The monoisotopic (exact) mass is 397 g/mol. The Hall–Kier alpha value is -1.71. The van der Waals surface area contributed by atoms with Crippen molar-refractivity contribution in [1.29, 1.82) is 0 Å². The van der Waals surface area contributed by atoms with Crippen LogP contribution in [0, 0.1) is 22.0 Å². The lowest BCUT2D eigenvalue weighted by atomic mass is 9.94. The zero-order valence-electron chi connectivity index (χ0n) is 15.7. The quantitative estimate of drug-likeness (QED) is 0.617. The maximum absolute atomic E-state index is 13.0. The van der Waals surface area contributed by atoms with Crippen molar-refractivity contribution in [3.63, 3.8) is 0 Å². The third-order valence-corrected chi connectivity index (χ3v) is 7.18. The number of hydrogen-bond donors (Lipinski definition) is 1. The molecule has 3 rings (SSSR count). The van der Waals surface area contributed by atoms with Gasteiger partial charge in [-0.05, 0) is 43.2 Å². The zero-order valence-corrected chi connectivity index (χ0v) is 16.6. The van der Waals surface area contributed by atoms with E-state index < -0.39 is 21.1 Å². The summed E-state index contributed by atoms with van der Waals surface area (Å²) >= 11 is 0. The first-order valence-corrected chi connectivity index (χ1v) is 10.8. The molecular weight excluding hydrogens is 370 g/mol. The number of sulfonamides is 1. The molecule has 0 radical (unpaired) electrons.